The molecule has 1 aliphatic heterocycles. The Bertz CT molecular complexity index is 352. The SMILES string of the molecule is C=CC[C@@H](C)c1cnc(N2CCCCC2)nc1. The van der Waals surface area contributed by atoms with Crippen molar-refractivity contribution >= 4 is 5.95 Å². The third-order valence-corrected chi connectivity index (χ3v) is 3.39. The molecule has 1 saturated heterocycles. The number of hydrogen-bond donors (Lipinski definition) is 0. The average Bonchev–Trinajstić information content (AvgIpc) is 2.40. The Balaban J connectivity index is 2.03. The second-order valence-corrected chi connectivity index (χ2v) is 4.79. The van der Waals surface area contributed by atoms with Gasteiger partial charge in [-0.15, -0.1) is 6.58 Å². The van der Waals surface area contributed by atoms with Gasteiger partial charge >= 0.3 is 0 Å². The van der Waals surface area contributed by atoms with Crippen molar-refractivity contribution in [2.75, 3.05) is 18.0 Å². The predicted molar refractivity (Wildman–Crippen MR) is 71.3 cm³/mol. The first-order chi connectivity index (χ1) is 8.31. The van der Waals surface area contributed by atoms with Crippen LogP contribution in [-0.4, -0.2) is 23.1 Å². The van der Waals surface area contributed by atoms with Crippen LogP contribution in [0, 0.1) is 0 Å². The zero-order valence-corrected chi connectivity index (χ0v) is 10.6. The van der Waals surface area contributed by atoms with Gasteiger partial charge in [0.1, 0.15) is 0 Å². The summed E-state index contributed by atoms with van der Waals surface area (Å²) in [4.78, 5) is 11.3. The number of piperidine rings is 1. The Morgan fingerprint density at radius 2 is 1.94 bits per heavy atom. The van der Waals surface area contributed by atoms with Crippen molar-refractivity contribution in [2.24, 2.45) is 0 Å². The molecule has 1 atom stereocenters. The summed E-state index contributed by atoms with van der Waals surface area (Å²) in [6.45, 7) is 8.15. The fourth-order valence-electron chi connectivity index (χ4n) is 2.23. The first-order valence-electron chi connectivity index (χ1n) is 6.49. The molecule has 1 fully saturated rings. The maximum absolute atomic E-state index is 4.49. The van der Waals surface area contributed by atoms with Crippen LogP contribution in [0.1, 0.15) is 44.1 Å². The lowest BCUT2D eigenvalue weighted by atomic mass is 10.0. The number of rotatable bonds is 4. The second-order valence-electron chi connectivity index (χ2n) is 4.79. The van der Waals surface area contributed by atoms with E-state index < -0.39 is 0 Å². The quantitative estimate of drug-likeness (QED) is 0.745. The van der Waals surface area contributed by atoms with Crippen LogP contribution in [0.2, 0.25) is 0 Å². The smallest absolute Gasteiger partial charge is 0.225 e. The molecule has 0 spiro atoms. The van der Waals surface area contributed by atoms with Gasteiger partial charge < -0.3 is 4.90 Å². The van der Waals surface area contributed by atoms with E-state index in [4.69, 9.17) is 0 Å². The van der Waals surface area contributed by atoms with E-state index in [0.29, 0.717) is 5.92 Å². The lowest BCUT2D eigenvalue weighted by Gasteiger charge is -2.26. The number of aromatic nitrogens is 2. The van der Waals surface area contributed by atoms with Gasteiger partial charge in [-0.25, -0.2) is 9.97 Å². The Kier molecular flexibility index (Phi) is 4.13. The normalized spacial score (nSPS) is 17.8. The number of anilines is 1. The average molecular weight is 231 g/mol. The summed E-state index contributed by atoms with van der Waals surface area (Å²) < 4.78 is 0. The van der Waals surface area contributed by atoms with Crippen LogP contribution in [0.4, 0.5) is 5.95 Å². The van der Waals surface area contributed by atoms with Crippen molar-refractivity contribution in [2.45, 2.75) is 38.5 Å². The van der Waals surface area contributed by atoms with Gasteiger partial charge in [-0.1, -0.05) is 13.0 Å². The number of nitrogens with zero attached hydrogens (tertiary/aromatic N) is 3. The standard InChI is InChI=1S/C14H21N3/c1-3-7-12(2)13-10-15-14(16-11-13)17-8-5-4-6-9-17/h3,10-12H,1,4-9H2,2H3/t12-/m1/s1. The molecule has 0 bridgehead atoms. The van der Waals surface area contributed by atoms with Gasteiger partial charge in [0.05, 0.1) is 0 Å². The van der Waals surface area contributed by atoms with Crippen molar-refractivity contribution < 1.29 is 0 Å². The summed E-state index contributed by atoms with van der Waals surface area (Å²) in [6.07, 6.45) is 10.7. The molecule has 3 nitrogen and oxygen atoms in total. The summed E-state index contributed by atoms with van der Waals surface area (Å²) in [6, 6.07) is 0. The van der Waals surface area contributed by atoms with Crippen LogP contribution >= 0.6 is 0 Å². The van der Waals surface area contributed by atoms with Gasteiger partial charge in [-0.2, -0.15) is 0 Å². The van der Waals surface area contributed by atoms with Gasteiger partial charge in [0.15, 0.2) is 0 Å². The van der Waals surface area contributed by atoms with E-state index in [-0.39, 0.29) is 0 Å². The molecule has 0 amide bonds. The van der Waals surface area contributed by atoms with E-state index in [1.165, 1.54) is 24.8 Å². The van der Waals surface area contributed by atoms with Crippen molar-refractivity contribution in [1.82, 2.24) is 9.97 Å². The van der Waals surface area contributed by atoms with E-state index in [0.717, 1.165) is 25.5 Å². The van der Waals surface area contributed by atoms with Crippen LogP contribution < -0.4 is 4.90 Å². The third-order valence-electron chi connectivity index (χ3n) is 3.39. The van der Waals surface area contributed by atoms with Crippen LogP contribution in [0.3, 0.4) is 0 Å². The zero-order chi connectivity index (χ0) is 12.1. The maximum atomic E-state index is 4.49. The molecule has 0 radical (unpaired) electrons. The van der Waals surface area contributed by atoms with Crippen LogP contribution in [-0.2, 0) is 0 Å². The Morgan fingerprint density at radius 1 is 1.29 bits per heavy atom. The highest BCUT2D eigenvalue weighted by Gasteiger charge is 2.13. The highest BCUT2D eigenvalue weighted by molar-refractivity contribution is 5.31. The number of hydrogen-bond acceptors (Lipinski definition) is 3. The Morgan fingerprint density at radius 3 is 2.53 bits per heavy atom. The van der Waals surface area contributed by atoms with Crippen LogP contribution in [0.15, 0.2) is 25.0 Å². The molecule has 0 aliphatic carbocycles. The molecule has 0 N–H and O–H groups in total. The monoisotopic (exact) mass is 231 g/mol. The number of allylic oxidation sites excluding steroid dienone is 1. The van der Waals surface area contributed by atoms with Crippen molar-refractivity contribution in [3.05, 3.63) is 30.6 Å². The molecule has 0 saturated carbocycles. The van der Waals surface area contributed by atoms with Crippen LogP contribution in [0.5, 0.6) is 0 Å². The highest BCUT2D eigenvalue weighted by Crippen LogP contribution is 2.20. The molecule has 0 aromatic carbocycles. The van der Waals surface area contributed by atoms with Gasteiger partial charge in [-0.05, 0) is 37.2 Å². The minimum absolute atomic E-state index is 0.461. The van der Waals surface area contributed by atoms with Crippen LogP contribution in [0.25, 0.3) is 0 Å². The van der Waals surface area contributed by atoms with Crippen molar-refractivity contribution in [3.8, 4) is 0 Å². The summed E-state index contributed by atoms with van der Waals surface area (Å²) in [5.74, 6) is 1.35. The molecular formula is C14H21N3. The first-order valence-corrected chi connectivity index (χ1v) is 6.49. The molecule has 3 heteroatoms. The molecule has 1 aromatic heterocycles. The molecule has 17 heavy (non-hydrogen) atoms. The van der Waals surface area contributed by atoms with Crippen molar-refractivity contribution in [1.29, 1.82) is 0 Å². The van der Waals surface area contributed by atoms with Gasteiger partial charge in [0.2, 0.25) is 5.95 Å². The lowest BCUT2D eigenvalue weighted by molar-refractivity contribution is 0.567. The minimum atomic E-state index is 0.461. The highest BCUT2D eigenvalue weighted by atomic mass is 15.2. The summed E-state index contributed by atoms with van der Waals surface area (Å²) in [7, 11) is 0. The minimum Gasteiger partial charge on any atom is -0.341 e. The third kappa shape index (κ3) is 3.05. The summed E-state index contributed by atoms with van der Waals surface area (Å²) in [5, 5.41) is 0. The largest absolute Gasteiger partial charge is 0.341 e. The molecule has 0 unspecified atom stereocenters. The van der Waals surface area contributed by atoms with E-state index in [1.54, 1.807) is 0 Å². The summed E-state index contributed by atoms with van der Waals surface area (Å²) in [5.41, 5.74) is 1.20. The van der Waals surface area contributed by atoms with E-state index in [9.17, 15) is 0 Å². The second kappa shape index (κ2) is 5.80. The Hall–Kier alpha value is -1.38. The first kappa shape index (κ1) is 12.1. The lowest BCUT2D eigenvalue weighted by Crippen LogP contribution is -2.30. The van der Waals surface area contributed by atoms with Crippen molar-refractivity contribution in [3.63, 3.8) is 0 Å². The Labute approximate surface area is 104 Å². The molecule has 1 aromatic rings. The summed E-state index contributed by atoms with van der Waals surface area (Å²) >= 11 is 0. The van der Waals surface area contributed by atoms with E-state index >= 15 is 0 Å². The molecule has 2 rings (SSSR count). The molecule has 1 aliphatic rings. The van der Waals surface area contributed by atoms with E-state index in [1.807, 2.05) is 18.5 Å². The molecular weight excluding hydrogens is 210 g/mol. The van der Waals surface area contributed by atoms with Gasteiger partial charge in [0.25, 0.3) is 0 Å². The van der Waals surface area contributed by atoms with Gasteiger partial charge in [-0.3, -0.25) is 0 Å². The maximum Gasteiger partial charge on any atom is 0.225 e. The molecule has 2 heterocycles. The zero-order valence-electron chi connectivity index (χ0n) is 10.6. The molecule has 92 valence electrons. The fraction of sp³-hybridized carbons (Fsp3) is 0.571. The van der Waals surface area contributed by atoms with E-state index in [2.05, 4.69) is 28.4 Å². The predicted octanol–water partition coefficient (Wildman–Crippen LogP) is 3.15. The topological polar surface area (TPSA) is 29.0 Å². The fourth-order valence-corrected chi connectivity index (χ4v) is 2.23. The van der Waals surface area contributed by atoms with Gasteiger partial charge in [0, 0.05) is 25.5 Å².